The summed E-state index contributed by atoms with van der Waals surface area (Å²) in [6.07, 6.45) is 3.47. The van der Waals surface area contributed by atoms with E-state index in [1.807, 2.05) is 6.92 Å². The van der Waals surface area contributed by atoms with Gasteiger partial charge in [-0.3, -0.25) is 4.98 Å². The van der Waals surface area contributed by atoms with Crippen LogP contribution in [-0.2, 0) is 11.3 Å². The molecule has 0 saturated carbocycles. The van der Waals surface area contributed by atoms with Crippen LogP contribution in [0.25, 0.3) is 0 Å². The molecule has 0 aliphatic rings. The molecule has 0 radical (unpaired) electrons. The summed E-state index contributed by atoms with van der Waals surface area (Å²) in [5, 5.41) is 0. The lowest BCUT2D eigenvalue weighted by atomic mass is 10.2. The lowest BCUT2D eigenvalue weighted by molar-refractivity contribution is 0.0499. The molecule has 4 heteroatoms. The van der Waals surface area contributed by atoms with Gasteiger partial charge in [-0.2, -0.15) is 0 Å². The Morgan fingerprint density at radius 1 is 1.60 bits per heavy atom. The number of rotatable bonds is 5. The van der Waals surface area contributed by atoms with Crippen molar-refractivity contribution in [3.63, 3.8) is 0 Å². The first-order chi connectivity index (χ1) is 7.27. The zero-order valence-electron chi connectivity index (χ0n) is 8.90. The predicted molar refractivity (Wildman–Crippen MR) is 57.3 cm³/mol. The predicted octanol–water partition coefficient (Wildman–Crippen LogP) is 1.50. The summed E-state index contributed by atoms with van der Waals surface area (Å²) in [5.74, 6) is -0.305. The Morgan fingerprint density at radius 3 is 3.07 bits per heavy atom. The van der Waals surface area contributed by atoms with E-state index in [0.29, 0.717) is 24.4 Å². The van der Waals surface area contributed by atoms with Crippen LogP contribution in [0.5, 0.6) is 0 Å². The van der Waals surface area contributed by atoms with Gasteiger partial charge in [-0.05, 0) is 18.6 Å². The molecule has 0 saturated heterocycles. The monoisotopic (exact) mass is 208 g/mol. The van der Waals surface area contributed by atoms with E-state index < -0.39 is 0 Å². The number of carbonyl (C=O) groups excluding carboxylic acids is 1. The van der Waals surface area contributed by atoms with Gasteiger partial charge in [-0.25, -0.2) is 4.79 Å². The minimum absolute atomic E-state index is 0.305. The fourth-order valence-corrected chi connectivity index (χ4v) is 1.11. The molecule has 0 aliphatic carbocycles. The van der Waals surface area contributed by atoms with Gasteiger partial charge >= 0.3 is 5.97 Å². The molecule has 1 aromatic heterocycles. The molecule has 82 valence electrons. The lowest BCUT2D eigenvalue weighted by Gasteiger charge is -2.04. The molecule has 0 atom stereocenters. The van der Waals surface area contributed by atoms with E-state index in [4.69, 9.17) is 10.5 Å². The summed E-state index contributed by atoms with van der Waals surface area (Å²) >= 11 is 0. The molecule has 0 unspecified atom stereocenters. The zero-order valence-corrected chi connectivity index (χ0v) is 8.90. The van der Waals surface area contributed by atoms with E-state index in [0.717, 1.165) is 12.8 Å². The number of unbranched alkanes of at least 4 members (excludes halogenated alkanes) is 1. The van der Waals surface area contributed by atoms with Crippen LogP contribution in [0.1, 0.15) is 35.8 Å². The average Bonchev–Trinajstić information content (AvgIpc) is 2.29. The summed E-state index contributed by atoms with van der Waals surface area (Å²) in [4.78, 5) is 15.5. The maximum atomic E-state index is 11.5. The molecular formula is C11H16N2O2. The highest BCUT2D eigenvalue weighted by Crippen LogP contribution is 2.04. The van der Waals surface area contributed by atoms with Crippen molar-refractivity contribution in [2.75, 3.05) is 6.61 Å². The van der Waals surface area contributed by atoms with Gasteiger partial charge in [0.1, 0.15) is 0 Å². The number of aromatic nitrogens is 1. The second-order valence-electron chi connectivity index (χ2n) is 3.23. The fourth-order valence-electron chi connectivity index (χ4n) is 1.11. The van der Waals surface area contributed by atoms with E-state index >= 15 is 0 Å². The van der Waals surface area contributed by atoms with Gasteiger partial charge in [0.15, 0.2) is 0 Å². The SMILES string of the molecule is CCCCOC(=O)c1ccnc(CN)c1. The van der Waals surface area contributed by atoms with E-state index in [-0.39, 0.29) is 5.97 Å². The van der Waals surface area contributed by atoms with E-state index in [9.17, 15) is 4.79 Å². The van der Waals surface area contributed by atoms with Crippen molar-refractivity contribution >= 4 is 5.97 Å². The highest BCUT2D eigenvalue weighted by atomic mass is 16.5. The molecule has 0 spiro atoms. The van der Waals surface area contributed by atoms with Crippen molar-refractivity contribution in [3.8, 4) is 0 Å². The van der Waals surface area contributed by atoms with Gasteiger partial charge in [-0.15, -0.1) is 0 Å². The number of nitrogens with zero attached hydrogens (tertiary/aromatic N) is 1. The molecule has 1 heterocycles. The Morgan fingerprint density at radius 2 is 2.40 bits per heavy atom. The second-order valence-corrected chi connectivity index (χ2v) is 3.23. The van der Waals surface area contributed by atoms with Crippen LogP contribution < -0.4 is 5.73 Å². The smallest absolute Gasteiger partial charge is 0.338 e. The van der Waals surface area contributed by atoms with Gasteiger partial charge in [0, 0.05) is 12.7 Å². The Balaban J connectivity index is 2.57. The molecule has 0 bridgehead atoms. The van der Waals surface area contributed by atoms with Crippen molar-refractivity contribution in [1.29, 1.82) is 0 Å². The maximum Gasteiger partial charge on any atom is 0.338 e. The summed E-state index contributed by atoms with van der Waals surface area (Å²) in [7, 11) is 0. The van der Waals surface area contributed by atoms with Crippen LogP contribution in [0.2, 0.25) is 0 Å². The number of pyridine rings is 1. The van der Waals surface area contributed by atoms with Crippen LogP contribution in [-0.4, -0.2) is 17.6 Å². The first kappa shape index (κ1) is 11.7. The molecule has 0 fully saturated rings. The van der Waals surface area contributed by atoms with Crippen molar-refractivity contribution in [1.82, 2.24) is 4.98 Å². The third kappa shape index (κ3) is 3.67. The van der Waals surface area contributed by atoms with Crippen molar-refractivity contribution < 1.29 is 9.53 Å². The summed E-state index contributed by atoms with van der Waals surface area (Å²) in [6, 6.07) is 3.29. The molecule has 1 rings (SSSR count). The summed E-state index contributed by atoms with van der Waals surface area (Å²) < 4.78 is 5.06. The molecule has 15 heavy (non-hydrogen) atoms. The normalized spacial score (nSPS) is 10.0. The molecule has 1 aromatic rings. The minimum Gasteiger partial charge on any atom is -0.462 e. The Labute approximate surface area is 89.5 Å². The van der Waals surface area contributed by atoms with Crippen LogP contribution >= 0.6 is 0 Å². The van der Waals surface area contributed by atoms with Crippen molar-refractivity contribution in [3.05, 3.63) is 29.6 Å². The topological polar surface area (TPSA) is 65.2 Å². The van der Waals surface area contributed by atoms with Gasteiger partial charge < -0.3 is 10.5 Å². The fraction of sp³-hybridized carbons (Fsp3) is 0.455. The van der Waals surface area contributed by atoms with E-state index in [1.54, 1.807) is 18.3 Å². The zero-order chi connectivity index (χ0) is 11.1. The van der Waals surface area contributed by atoms with E-state index in [2.05, 4.69) is 4.98 Å². The molecule has 4 nitrogen and oxygen atoms in total. The molecule has 2 N–H and O–H groups in total. The van der Waals surface area contributed by atoms with Gasteiger partial charge in [0.2, 0.25) is 0 Å². The van der Waals surface area contributed by atoms with Crippen molar-refractivity contribution in [2.24, 2.45) is 5.73 Å². The third-order valence-electron chi connectivity index (χ3n) is 1.99. The Kier molecular flexibility index (Phi) is 4.77. The molecular weight excluding hydrogens is 192 g/mol. The maximum absolute atomic E-state index is 11.5. The highest BCUT2D eigenvalue weighted by molar-refractivity contribution is 5.89. The minimum atomic E-state index is -0.305. The van der Waals surface area contributed by atoms with Crippen LogP contribution in [0.3, 0.4) is 0 Å². The van der Waals surface area contributed by atoms with E-state index in [1.165, 1.54) is 0 Å². The second kappa shape index (κ2) is 6.14. The number of hydrogen-bond donors (Lipinski definition) is 1. The van der Waals surface area contributed by atoms with Gasteiger partial charge in [0.25, 0.3) is 0 Å². The Bertz CT molecular complexity index is 326. The van der Waals surface area contributed by atoms with Gasteiger partial charge in [-0.1, -0.05) is 13.3 Å². The number of hydrogen-bond acceptors (Lipinski definition) is 4. The van der Waals surface area contributed by atoms with Crippen molar-refractivity contribution in [2.45, 2.75) is 26.3 Å². The molecule has 0 amide bonds. The van der Waals surface area contributed by atoms with Crippen LogP contribution in [0, 0.1) is 0 Å². The number of nitrogens with two attached hydrogens (primary N) is 1. The number of ether oxygens (including phenoxy) is 1. The quantitative estimate of drug-likeness (QED) is 0.588. The summed E-state index contributed by atoms with van der Waals surface area (Å²) in [6.45, 7) is 2.85. The van der Waals surface area contributed by atoms with Crippen LogP contribution in [0.15, 0.2) is 18.3 Å². The Hall–Kier alpha value is -1.42. The lowest BCUT2D eigenvalue weighted by Crippen LogP contribution is -2.08. The number of carbonyl (C=O) groups is 1. The average molecular weight is 208 g/mol. The largest absolute Gasteiger partial charge is 0.462 e. The first-order valence-corrected chi connectivity index (χ1v) is 5.10. The van der Waals surface area contributed by atoms with Gasteiger partial charge in [0.05, 0.1) is 17.9 Å². The third-order valence-corrected chi connectivity index (χ3v) is 1.99. The summed E-state index contributed by atoms with van der Waals surface area (Å²) in [5.41, 5.74) is 6.64. The first-order valence-electron chi connectivity index (χ1n) is 5.10. The highest BCUT2D eigenvalue weighted by Gasteiger charge is 2.07. The van der Waals surface area contributed by atoms with Crippen LogP contribution in [0.4, 0.5) is 0 Å². The standard InChI is InChI=1S/C11H16N2O2/c1-2-3-6-15-11(14)9-4-5-13-10(7-9)8-12/h4-5,7H,2-3,6,8,12H2,1H3. The molecule has 0 aromatic carbocycles. The molecule has 0 aliphatic heterocycles. The number of esters is 1.